The summed E-state index contributed by atoms with van der Waals surface area (Å²) < 4.78 is 17.3. The summed E-state index contributed by atoms with van der Waals surface area (Å²) in [4.78, 5) is 22.2. The molecule has 4 heterocycles. The molecule has 2 aromatic heterocycles. The molecule has 2 fully saturated rings. The number of thiophene rings is 1. The van der Waals surface area contributed by atoms with Crippen molar-refractivity contribution in [2.45, 2.75) is 30.9 Å². The number of rotatable bonds is 6. The Kier molecular flexibility index (Phi) is 5.79. The van der Waals surface area contributed by atoms with Crippen LogP contribution in [-0.4, -0.2) is 53.6 Å². The van der Waals surface area contributed by atoms with E-state index in [0.29, 0.717) is 25.7 Å². The Morgan fingerprint density at radius 1 is 1.10 bits per heavy atom. The highest BCUT2D eigenvalue weighted by Crippen LogP contribution is 2.31. The lowest BCUT2D eigenvalue weighted by Gasteiger charge is -2.18. The van der Waals surface area contributed by atoms with Crippen LogP contribution in [0.3, 0.4) is 0 Å². The van der Waals surface area contributed by atoms with Crippen LogP contribution in [0.1, 0.15) is 5.56 Å². The fraction of sp³-hybridized carbons (Fsp3) is 0.318. The number of benzene rings is 1. The quantitative estimate of drug-likeness (QED) is 0.611. The highest BCUT2D eigenvalue weighted by atomic mass is 32.1. The molecule has 0 aliphatic carbocycles. The smallest absolute Gasteiger partial charge is 0.407 e. The molecule has 2 saturated heterocycles. The molecule has 2 N–H and O–H groups in total. The third kappa shape index (κ3) is 4.53. The van der Waals surface area contributed by atoms with Gasteiger partial charge in [-0.3, -0.25) is 0 Å². The van der Waals surface area contributed by atoms with Crippen LogP contribution in [0.4, 0.5) is 10.7 Å². The van der Waals surface area contributed by atoms with Gasteiger partial charge in [-0.2, -0.15) is 0 Å². The van der Waals surface area contributed by atoms with Crippen molar-refractivity contribution in [1.29, 1.82) is 0 Å². The number of nitrogens with one attached hydrogen (secondary N) is 2. The third-order valence-corrected chi connectivity index (χ3v) is 6.18. The molecule has 4 unspecified atom stereocenters. The van der Waals surface area contributed by atoms with E-state index >= 15 is 0 Å². The molecule has 0 spiro atoms. The standard InChI is InChI=1S/C22H22N4O4S/c27-22(24-11-14-5-2-1-3-6-14)30-17-13-29-19-16(12-28-20(17)19)26-21-23-9-8-15(25-21)18-7-4-10-31-18/h1-10,16-17,19-20H,11-13H2,(H,24,27)(H,23,25,26). The molecule has 3 aromatic rings. The lowest BCUT2D eigenvalue weighted by molar-refractivity contribution is 0.00431. The highest BCUT2D eigenvalue weighted by molar-refractivity contribution is 7.13. The average Bonchev–Trinajstić information content (AvgIpc) is 3.54. The number of amides is 1. The molecule has 2 aliphatic heterocycles. The molecule has 0 bridgehead atoms. The maximum Gasteiger partial charge on any atom is 0.407 e. The summed E-state index contributed by atoms with van der Waals surface area (Å²) in [6, 6.07) is 15.5. The monoisotopic (exact) mass is 438 g/mol. The first-order valence-corrected chi connectivity index (χ1v) is 11.0. The number of nitrogens with zero attached hydrogens (tertiary/aromatic N) is 2. The van der Waals surface area contributed by atoms with Crippen LogP contribution in [0.5, 0.6) is 0 Å². The van der Waals surface area contributed by atoms with Crippen molar-refractivity contribution >= 4 is 23.4 Å². The van der Waals surface area contributed by atoms with Gasteiger partial charge in [0.25, 0.3) is 0 Å². The lowest BCUT2D eigenvalue weighted by Crippen LogP contribution is -2.39. The topological polar surface area (TPSA) is 94.6 Å². The SMILES string of the molecule is O=C(NCc1ccccc1)OC1COC2C(Nc3nccc(-c4cccs4)n3)COC12. The zero-order valence-electron chi connectivity index (χ0n) is 16.6. The van der Waals surface area contributed by atoms with Gasteiger partial charge in [0.15, 0.2) is 6.10 Å². The first-order chi connectivity index (χ1) is 15.3. The number of hydrogen-bond donors (Lipinski definition) is 2. The number of carbonyl (C=O) groups is 1. The summed E-state index contributed by atoms with van der Waals surface area (Å²) in [6.07, 6.45) is 0.244. The molecule has 5 rings (SSSR count). The molecule has 31 heavy (non-hydrogen) atoms. The minimum atomic E-state index is -0.481. The van der Waals surface area contributed by atoms with Gasteiger partial charge in [0.05, 0.1) is 29.8 Å². The second kappa shape index (κ2) is 9.01. The number of carbonyl (C=O) groups excluding carboxylic acids is 1. The molecule has 0 radical (unpaired) electrons. The summed E-state index contributed by atoms with van der Waals surface area (Å²) in [5, 5.41) is 8.10. The lowest BCUT2D eigenvalue weighted by atomic mass is 10.1. The van der Waals surface area contributed by atoms with Crippen molar-refractivity contribution in [3.05, 3.63) is 65.7 Å². The molecular weight excluding hydrogens is 416 g/mol. The Morgan fingerprint density at radius 3 is 2.81 bits per heavy atom. The Bertz CT molecular complexity index is 1020. The maximum atomic E-state index is 12.2. The molecule has 1 aromatic carbocycles. The largest absolute Gasteiger partial charge is 0.441 e. The van der Waals surface area contributed by atoms with Crippen LogP contribution in [0.15, 0.2) is 60.1 Å². The Labute approximate surface area is 183 Å². The number of alkyl carbamates (subject to hydrolysis) is 1. The summed E-state index contributed by atoms with van der Waals surface area (Å²) >= 11 is 1.63. The molecule has 4 atom stereocenters. The van der Waals surface area contributed by atoms with Crippen LogP contribution in [0.2, 0.25) is 0 Å². The number of hydrogen-bond acceptors (Lipinski definition) is 8. The van der Waals surface area contributed by atoms with Crippen LogP contribution >= 0.6 is 11.3 Å². The van der Waals surface area contributed by atoms with E-state index in [1.807, 2.05) is 53.9 Å². The Balaban J connectivity index is 1.16. The van der Waals surface area contributed by atoms with Crippen molar-refractivity contribution in [3.8, 4) is 10.6 Å². The fourth-order valence-electron chi connectivity index (χ4n) is 3.79. The fourth-order valence-corrected chi connectivity index (χ4v) is 4.49. The van der Waals surface area contributed by atoms with E-state index in [-0.39, 0.29) is 18.2 Å². The van der Waals surface area contributed by atoms with Gasteiger partial charge in [0.1, 0.15) is 12.2 Å². The number of fused-ring (bicyclic) bond motifs is 1. The number of anilines is 1. The second-order valence-corrected chi connectivity index (χ2v) is 8.32. The van der Waals surface area contributed by atoms with Gasteiger partial charge >= 0.3 is 6.09 Å². The zero-order valence-corrected chi connectivity index (χ0v) is 17.5. The van der Waals surface area contributed by atoms with Gasteiger partial charge in [-0.15, -0.1) is 11.3 Å². The van der Waals surface area contributed by atoms with E-state index in [9.17, 15) is 4.79 Å². The van der Waals surface area contributed by atoms with E-state index in [4.69, 9.17) is 14.2 Å². The van der Waals surface area contributed by atoms with Crippen molar-refractivity contribution in [2.24, 2.45) is 0 Å². The predicted octanol–water partition coefficient (Wildman–Crippen LogP) is 3.08. The molecule has 1 amide bonds. The minimum Gasteiger partial charge on any atom is -0.441 e. The van der Waals surface area contributed by atoms with E-state index in [1.54, 1.807) is 17.5 Å². The van der Waals surface area contributed by atoms with Crippen LogP contribution in [0.25, 0.3) is 10.6 Å². The highest BCUT2D eigenvalue weighted by Gasteiger charge is 2.49. The van der Waals surface area contributed by atoms with Gasteiger partial charge in [0.2, 0.25) is 5.95 Å². The third-order valence-electron chi connectivity index (χ3n) is 5.29. The second-order valence-electron chi connectivity index (χ2n) is 7.37. The summed E-state index contributed by atoms with van der Waals surface area (Å²) in [5.41, 5.74) is 1.87. The summed E-state index contributed by atoms with van der Waals surface area (Å²) in [5.74, 6) is 0.522. The number of aromatic nitrogens is 2. The Hall–Kier alpha value is -3.01. The number of ether oxygens (including phenoxy) is 3. The first kappa shape index (κ1) is 19.9. The summed E-state index contributed by atoms with van der Waals surface area (Å²) in [6.45, 7) is 1.13. The van der Waals surface area contributed by atoms with E-state index in [0.717, 1.165) is 16.1 Å². The van der Waals surface area contributed by atoms with Crippen molar-refractivity contribution in [2.75, 3.05) is 18.5 Å². The molecular formula is C22H22N4O4S. The summed E-state index contributed by atoms with van der Waals surface area (Å²) in [7, 11) is 0. The Morgan fingerprint density at radius 2 is 1.97 bits per heavy atom. The molecule has 9 heteroatoms. The van der Waals surface area contributed by atoms with Gasteiger partial charge in [0, 0.05) is 12.7 Å². The van der Waals surface area contributed by atoms with Crippen molar-refractivity contribution in [3.63, 3.8) is 0 Å². The molecule has 160 valence electrons. The van der Waals surface area contributed by atoms with Gasteiger partial charge < -0.3 is 24.8 Å². The minimum absolute atomic E-state index is 0.121. The van der Waals surface area contributed by atoms with Crippen molar-refractivity contribution < 1.29 is 19.0 Å². The predicted molar refractivity (Wildman–Crippen MR) is 116 cm³/mol. The average molecular weight is 439 g/mol. The normalized spacial score (nSPS) is 24.5. The van der Waals surface area contributed by atoms with Crippen LogP contribution in [-0.2, 0) is 20.8 Å². The first-order valence-electron chi connectivity index (χ1n) is 10.1. The van der Waals surface area contributed by atoms with Gasteiger partial charge in [-0.05, 0) is 23.1 Å². The van der Waals surface area contributed by atoms with E-state index < -0.39 is 12.2 Å². The van der Waals surface area contributed by atoms with E-state index in [1.165, 1.54) is 0 Å². The van der Waals surface area contributed by atoms with Crippen molar-refractivity contribution in [1.82, 2.24) is 15.3 Å². The van der Waals surface area contributed by atoms with Gasteiger partial charge in [-0.25, -0.2) is 14.8 Å². The molecule has 0 saturated carbocycles. The maximum absolute atomic E-state index is 12.2. The molecule has 8 nitrogen and oxygen atoms in total. The van der Waals surface area contributed by atoms with Gasteiger partial charge in [-0.1, -0.05) is 36.4 Å². The van der Waals surface area contributed by atoms with Crippen LogP contribution in [0, 0.1) is 0 Å². The molecule has 2 aliphatic rings. The van der Waals surface area contributed by atoms with Crippen LogP contribution < -0.4 is 10.6 Å². The zero-order chi connectivity index (χ0) is 21.0. The van der Waals surface area contributed by atoms with E-state index in [2.05, 4.69) is 20.6 Å².